The van der Waals surface area contributed by atoms with E-state index in [-0.39, 0.29) is 12.5 Å². The lowest BCUT2D eigenvalue weighted by molar-refractivity contribution is -0.137. The molecule has 1 rings (SSSR count). The molecule has 0 aliphatic rings. The zero-order valence-electron chi connectivity index (χ0n) is 13.7. The van der Waals surface area contributed by atoms with Crippen LogP contribution in [0.3, 0.4) is 0 Å². The van der Waals surface area contributed by atoms with Gasteiger partial charge in [-0.3, -0.25) is 4.79 Å². The molecule has 2 unspecified atom stereocenters. The summed E-state index contributed by atoms with van der Waals surface area (Å²) in [7, 11) is 1.66. The maximum atomic E-state index is 11.1. The van der Waals surface area contributed by atoms with Crippen molar-refractivity contribution in [3.8, 4) is 5.75 Å². The lowest BCUT2D eigenvalue weighted by Gasteiger charge is -2.23. The third-order valence-electron chi connectivity index (χ3n) is 3.91. The summed E-state index contributed by atoms with van der Waals surface area (Å²) in [4.78, 5) is 11.1. The molecule has 21 heavy (non-hydrogen) atoms. The molecule has 118 valence electrons. The van der Waals surface area contributed by atoms with Crippen molar-refractivity contribution in [2.75, 3.05) is 7.11 Å². The highest BCUT2D eigenvalue weighted by Gasteiger charge is 2.18. The number of aliphatic carboxylic acids is 1. The molecule has 0 aliphatic heterocycles. The van der Waals surface area contributed by atoms with Gasteiger partial charge in [-0.25, -0.2) is 0 Å². The number of ether oxygens (including phenoxy) is 1. The van der Waals surface area contributed by atoms with Crippen LogP contribution in [0.25, 0.3) is 0 Å². The molecule has 0 aliphatic carbocycles. The van der Waals surface area contributed by atoms with Crippen molar-refractivity contribution in [3.63, 3.8) is 0 Å². The monoisotopic (exact) mass is 293 g/mol. The number of methoxy groups -OCH3 is 1. The van der Waals surface area contributed by atoms with Crippen LogP contribution in [-0.2, 0) is 11.2 Å². The number of nitrogens with one attached hydrogen (secondary N) is 1. The van der Waals surface area contributed by atoms with Gasteiger partial charge in [-0.05, 0) is 62.4 Å². The Bertz CT molecular complexity index is 462. The average molecular weight is 293 g/mol. The van der Waals surface area contributed by atoms with E-state index in [9.17, 15) is 4.79 Å². The van der Waals surface area contributed by atoms with Gasteiger partial charge in [-0.2, -0.15) is 0 Å². The third-order valence-corrected chi connectivity index (χ3v) is 3.91. The Morgan fingerprint density at radius 1 is 1.33 bits per heavy atom. The van der Waals surface area contributed by atoms with Crippen LogP contribution in [0.4, 0.5) is 0 Å². The highest BCUT2D eigenvalue weighted by atomic mass is 16.5. The van der Waals surface area contributed by atoms with E-state index in [1.54, 1.807) is 7.11 Å². The van der Waals surface area contributed by atoms with Crippen LogP contribution in [0.1, 0.15) is 43.4 Å². The van der Waals surface area contributed by atoms with E-state index in [2.05, 4.69) is 19.2 Å². The van der Waals surface area contributed by atoms with E-state index in [4.69, 9.17) is 9.84 Å². The van der Waals surface area contributed by atoms with E-state index in [0.717, 1.165) is 29.7 Å². The summed E-state index contributed by atoms with van der Waals surface area (Å²) in [5.74, 6) is 0.0815. The van der Waals surface area contributed by atoms with Crippen LogP contribution in [0.2, 0.25) is 0 Å². The molecule has 2 atom stereocenters. The van der Waals surface area contributed by atoms with Gasteiger partial charge in [-0.1, -0.05) is 6.92 Å². The van der Waals surface area contributed by atoms with E-state index >= 15 is 0 Å². The molecule has 4 heteroatoms. The van der Waals surface area contributed by atoms with E-state index in [1.807, 2.05) is 26.0 Å². The van der Waals surface area contributed by atoms with Crippen LogP contribution >= 0.6 is 0 Å². The first-order valence-electron chi connectivity index (χ1n) is 7.49. The summed E-state index contributed by atoms with van der Waals surface area (Å²) in [6.07, 6.45) is 1.84. The number of carboxylic acids is 1. The molecule has 0 heterocycles. The average Bonchev–Trinajstić information content (AvgIpc) is 2.41. The van der Waals surface area contributed by atoms with E-state index in [1.165, 1.54) is 5.56 Å². The second-order valence-electron chi connectivity index (χ2n) is 5.71. The Labute approximate surface area is 127 Å². The van der Waals surface area contributed by atoms with Crippen molar-refractivity contribution < 1.29 is 14.6 Å². The maximum Gasteiger partial charge on any atom is 0.304 e. The van der Waals surface area contributed by atoms with Crippen molar-refractivity contribution in [2.24, 2.45) is 0 Å². The van der Waals surface area contributed by atoms with Gasteiger partial charge in [0.05, 0.1) is 13.5 Å². The van der Waals surface area contributed by atoms with Gasteiger partial charge >= 0.3 is 5.97 Å². The summed E-state index contributed by atoms with van der Waals surface area (Å²) < 4.78 is 5.27. The summed E-state index contributed by atoms with van der Waals surface area (Å²) in [5, 5.41) is 12.5. The molecule has 0 radical (unpaired) electrons. The quantitative estimate of drug-likeness (QED) is 0.773. The van der Waals surface area contributed by atoms with Crippen LogP contribution in [0.15, 0.2) is 12.1 Å². The van der Waals surface area contributed by atoms with E-state index in [0.29, 0.717) is 6.04 Å². The van der Waals surface area contributed by atoms with Crippen LogP contribution in [0.5, 0.6) is 5.75 Å². The molecular weight excluding hydrogens is 266 g/mol. The Hall–Kier alpha value is -1.55. The van der Waals surface area contributed by atoms with Gasteiger partial charge in [0, 0.05) is 12.1 Å². The van der Waals surface area contributed by atoms with Crippen molar-refractivity contribution >= 4 is 5.97 Å². The topological polar surface area (TPSA) is 58.6 Å². The van der Waals surface area contributed by atoms with Crippen molar-refractivity contribution in [3.05, 3.63) is 28.8 Å². The number of rotatable bonds is 8. The smallest absolute Gasteiger partial charge is 0.304 e. The molecule has 4 nitrogen and oxygen atoms in total. The largest absolute Gasteiger partial charge is 0.497 e. The molecule has 1 aromatic carbocycles. The minimum Gasteiger partial charge on any atom is -0.497 e. The molecule has 1 aromatic rings. The zero-order chi connectivity index (χ0) is 16.0. The van der Waals surface area contributed by atoms with Crippen molar-refractivity contribution in [2.45, 2.75) is 59.0 Å². The minimum atomic E-state index is -0.764. The fourth-order valence-electron chi connectivity index (χ4n) is 2.56. The van der Waals surface area contributed by atoms with E-state index < -0.39 is 5.97 Å². The van der Waals surface area contributed by atoms with Gasteiger partial charge < -0.3 is 15.2 Å². The second kappa shape index (κ2) is 8.03. The SMILES string of the molecule is CCC(C)NC(CC(=O)O)Cc1c(C)cc(OC)cc1C. The number of hydrogen-bond acceptors (Lipinski definition) is 3. The Morgan fingerprint density at radius 3 is 2.33 bits per heavy atom. The first-order valence-corrected chi connectivity index (χ1v) is 7.49. The lowest BCUT2D eigenvalue weighted by atomic mass is 9.94. The number of carboxylic acid groups (broad SMARTS) is 1. The molecule has 0 aromatic heterocycles. The van der Waals surface area contributed by atoms with Crippen molar-refractivity contribution in [1.29, 1.82) is 0 Å². The molecule has 0 spiro atoms. The Balaban J connectivity index is 2.94. The predicted molar refractivity (Wildman–Crippen MR) is 85.1 cm³/mol. The van der Waals surface area contributed by atoms with Gasteiger partial charge in [0.15, 0.2) is 0 Å². The standard InChI is InChI=1S/C17H27NO3/c1-6-13(4)18-14(10-17(19)20)9-16-11(2)7-15(21-5)8-12(16)3/h7-8,13-14,18H,6,9-10H2,1-5H3,(H,19,20). The number of carbonyl (C=O) groups is 1. The third kappa shape index (κ3) is 5.38. The van der Waals surface area contributed by atoms with Gasteiger partial charge in [0.25, 0.3) is 0 Å². The molecule has 0 bridgehead atoms. The van der Waals surface area contributed by atoms with Crippen LogP contribution in [0, 0.1) is 13.8 Å². The first-order chi connectivity index (χ1) is 9.87. The summed E-state index contributed by atoms with van der Waals surface area (Å²) >= 11 is 0. The Morgan fingerprint density at radius 2 is 1.90 bits per heavy atom. The lowest BCUT2D eigenvalue weighted by Crippen LogP contribution is -2.39. The summed E-state index contributed by atoms with van der Waals surface area (Å²) in [6, 6.07) is 4.27. The van der Waals surface area contributed by atoms with Crippen molar-refractivity contribution in [1.82, 2.24) is 5.32 Å². The fraction of sp³-hybridized carbons (Fsp3) is 0.588. The minimum absolute atomic E-state index is 0.0526. The second-order valence-corrected chi connectivity index (χ2v) is 5.71. The number of aryl methyl sites for hydroxylation is 2. The summed E-state index contributed by atoms with van der Waals surface area (Å²) in [6.45, 7) is 8.28. The number of hydrogen-bond donors (Lipinski definition) is 2. The molecule has 0 saturated carbocycles. The van der Waals surface area contributed by atoms with Gasteiger partial charge in [-0.15, -0.1) is 0 Å². The molecule has 0 saturated heterocycles. The molecule has 2 N–H and O–H groups in total. The Kier molecular flexibility index (Phi) is 6.69. The number of benzene rings is 1. The predicted octanol–water partition coefficient (Wildman–Crippen LogP) is 3.09. The summed E-state index contributed by atoms with van der Waals surface area (Å²) in [5.41, 5.74) is 3.50. The molecule has 0 fully saturated rings. The van der Waals surface area contributed by atoms with Gasteiger partial charge in [0.2, 0.25) is 0 Å². The fourth-order valence-corrected chi connectivity index (χ4v) is 2.56. The van der Waals surface area contributed by atoms with Crippen LogP contribution in [-0.4, -0.2) is 30.3 Å². The maximum absolute atomic E-state index is 11.1. The first kappa shape index (κ1) is 17.5. The molecule has 0 amide bonds. The zero-order valence-corrected chi connectivity index (χ0v) is 13.7. The highest BCUT2D eigenvalue weighted by molar-refractivity contribution is 5.67. The van der Waals surface area contributed by atoms with Crippen LogP contribution < -0.4 is 10.1 Å². The highest BCUT2D eigenvalue weighted by Crippen LogP contribution is 2.23. The molecular formula is C17H27NO3. The van der Waals surface area contributed by atoms with Gasteiger partial charge in [0.1, 0.15) is 5.75 Å². The normalized spacial score (nSPS) is 13.8.